The lowest BCUT2D eigenvalue weighted by atomic mass is 10.2. The molecule has 0 spiro atoms. The van der Waals surface area contributed by atoms with Crippen LogP contribution in [0.4, 0.5) is 5.69 Å². The van der Waals surface area contributed by atoms with Crippen molar-refractivity contribution in [2.45, 2.75) is 6.54 Å². The zero-order valence-electron chi connectivity index (χ0n) is 10.8. The van der Waals surface area contributed by atoms with Gasteiger partial charge in [-0.3, -0.25) is 0 Å². The van der Waals surface area contributed by atoms with Gasteiger partial charge in [-0.1, -0.05) is 48.5 Å². The van der Waals surface area contributed by atoms with Crippen LogP contribution in [-0.2, 0) is 17.3 Å². The highest BCUT2D eigenvalue weighted by molar-refractivity contribution is 8.03. The van der Waals surface area contributed by atoms with E-state index in [0.29, 0.717) is 11.7 Å². The quantitative estimate of drug-likeness (QED) is 0.864. The summed E-state index contributed by atoms with van der Waals surface area (Å²) < 4.78 is 12.0. The Labute approximate surface area is 120 Å². The van der Waals surface area contributed by atoms with Crippen molar-refractivity contribution in [3.63, 3.8) is 0 Å². The number of para-hydroxylation sites is 1. The normalized spacial score (nSPS) is 19.7. The predicted octanol–water partition coefficient (Wildman–Crippen LogP) is 3.41. The largest absolute Gasteiger partial charge is 0.320 e. The van der Waals surface area contributed by atoms with Gasteiger partial charge in [-0.25, -0.2) is 9.20 Å². The van der Waals surface area contributed by atoms with Crippen LogP contribution in [0.3, 0.4) is 0 Å². The van der Waals surface area contributed by atoms with Crippen LogP contribution in [0.15, 0.2) is 77.3 Å². The Balaban J connectivity index is 1.85. The molecule has 0 aliphatic carbocycles. The molecule has 0 saturated heterocycles. The number of hydrogen-bond donors (Lipinski definition) is 0. The zero-order valence-corrected chi connectivity index (χ0v) is 11.7. The Morgan fingerprint density at radius 3 is 2.30 bits per heavy atom. The first kappa shape index (κ1) is 12.8. The number of rotatable bonds is 3. The maximum absolute atomic E-state index is 12.0. The van der Waals surface area contributed by atoms with E-state index in [9.17, 15) is 4.21 Å². The van der Waals surface area contributed by atoms with Gasteiger partial charge in [-0.15, -0.1) is 0 Å². The lowest BCUT2D eigenvalue weighted by Gasteiger charge is -2.16. The van der Waals surface area contributed by atoms with Gasteiger partial charge in [0.1, 0.15) is 10.8 Å². The summed E-state index contributed by atoms with van der Waals surface area (Å²) in [5, 5.41) is 2.25. The molecule has 0 bridgehead atoms. The summed E-state index contributed by atoms with van der Waals surface area (Å²) in [6.07, 6.45) is 1.84. The third-order valence-corrected chi connectivity index (χ3v) is 4.02. The summed E-state index contributed by atoms with van der Waals surface area (Å²) in [4.78, 5) is 6.43. The van der Waals surface area contributed by atoms with Crippen molar-refractivity contribution >= 4 is 21.7 Å². The lowest BCUT2D eigenvalue weighted by Crippen LogP contribution is -2.23. The van der Waals surface area contributed by atoms with Crippen LogP contribution in [0.1, 0.15) is 5.56 Å². The molecule has 0 aromatic heterocycles. The van der Waals surface area contributed by atoms with Crippen LogP contribution in [-0.4, -0.2) is 14.3 Å². The lowest BCUT2D eigenvalue weighted by molar-refractivity contribution is 0.567. The van der Waals surface area contributed by atoms with Gasteiger partial charge >= 0.3 is 0 Å². The van der Waals surface area contributed by atoms with Gasteiger partial charge in [-0.2, -0.15) is 0 Å². The van der Waals surface area contributed by atoms with Crippen LogP contribution in [0.5, 0.6) is 0 Å². The molecule has 0 fully saturated rings. The first-order chi connectivity index (χ1) is 9.83. The third kappa shape index (κ3) is 2.86. The molecule has 0 amide bonds. The maximum atomic E-state index is 12.0. The summed E-state index contributed by atoms with van der Waals surface area (Å²) in [6.45, 7) is 0.675. The van der Waals surface area contributed by atoms with Gasteiger partial charge in [0.2, 0.25) is 5.17 Å². The van der Waals surface area contributed by atoms with Crippen molar-refractivity contribution in [3.8, 4) is 0 Å². The van der Waals surface area contributed by atoms with Crippen LogP contribution in [0, 0.1) is 0 Å². The van der Waals surface area contributed by atoms with E-state index in [-0.39, 0.29) is 0 Å². The first-order valence-corrected chi connectivity index (χ1v) is 7.57. The zero-order chi connectivity index (χ0) is 13.8. The van der Waals surface area contributed by atoms with Gasteiger partial charge in [0.15, 0.2) is 0 Å². The van der Waals surface area contributed by atoms with Gasteiger partial charge < -0.3 is 4.90 Å². The van der Waals surface area contributed by atoms with Gasteiger partial charge in [0.05, 0.1) is 5.69 Å². The fourth-order valence-corrected chi connectivity index (χ4v) is 2.92. The second-order valence-electron chi connectivity index (χ2n) is 4.43. The monoisotopic (exact) mass is 282 g/mol. The SMILES string of the molecule is O=S1C=CN(Cc2ccccc2)C1=Nc1ccccc1. The number of amidine groups is 1. The number of nitrogens with zero attached hydrogens (tertiary/aromatic N) is 2. The van der Waals surface area contributed by atoms with E-state index in [2.05, 4.69) is 17.1 Å². The Kier molecular flexibility index (Phi) is 3.74. The molecular formula is C16H14N2OS. The summed E-state index contributed by atoms with van der Waals surface area (Å²) in [5.41, 5.74) is 1.98. The van der Waals surface area contributed by atoms with E-state index >= 15 is 0 Å². The van der Waals surface area contributed by atoms with E-state index in [1.165, 1.54) is 0 Å². The van der Waals surface area contributed by atoms with Crippen LogP contribution in [0.25, 0.3) is 0 Å². The number of benzene rings is 2. The molecule has 100 valence electrons. The molecule has 2 aromatic rings. The van der Waals surface area contributed by atoms with Crippen molar-refractivity contribution < 1.29 is 4.21 Å². The van der Waals surface area contributed by atoms with Gasteiger partial charge in [0, 0.05) is 18.2 Å². The fraction of sp³-hybridized carbons (Fsp3) is 0.0625. The van der Waals surface area contributed by atoms with Crippen molar-refractivity contribution in [2.24, 2.45) is 4.99 Å². The van der Waals surface area contributed by atoms with Gasteiger partial charge in [0.25, 0.3) is 0 Å². The molecule has 20 heavy (non-hydrogen) atoms. The molecule has 2 aromatic carbocycles. The van der Waals surface area contributed by atoms with Gasteiger partial charge in [-0.05, 0) is 17.7 Å². The summed E-state index contributed by atoms with van der Waals surface area (Å²) >= 11 is 0. The highest BCUT2D eigenvalue weighted by Crippen LogP contribution is 2.19. The molecule has 1 heterocycles. The van der Waals surface area contributed by atoms with Crippen LogP contribution >= 0.6 is 0 Å². The van der Waals surface area contributed by atoms with E-state index in [0.717, 1.165) is 11.3 Å². The topological polar surface area (TPSA) is 32.7 Å². The Bertz CT molecular complexity index is 665. The molecule has 3 rings (SSSR count). The Hall–Kier alpha value is -2.20. The van der Waals surface area contributed by atoms with E-state index in [4.69, 9.17) is 0 Å². The maximum Gasteiger partial charge on any atom is 0.204 e. The Morgan fingerprint density at radius 1 is 0.950 bits per heavy atom. The predicted molar refractivity (Wildman–Crippen MR) is 82.8 cm³/mol. The molecule has 1 unspecified atom stereocenters. The first-order valence-electron chi connectivity index (χ1n) is 6.36. The molecule has 0 saturated carbocycles. The summed E-state index contributed by atoms with van der Waals surface area (Å²) in [6, 6.07) is 19.7. The van der Waals surface area contributed by atoms with Crippen molar-refractivity contribution in [3.05, 3.63) is 77.8 Å². The van der Waals surface area contributed by atoms with Crippen molar-refractivity contribution in [2.75, 3.05) is 0 Å². The minimum atomic E-state index is -1.17. The van der Waals surface area contributed by atoms with Crippen molar-refractivity contribution in [1.82, 2.24) is 4.90 Å². The average molecular weight is 282 g/mol. The molecule has 0 N–H and O–H groups in total. The molecule has 4 heteroatoms. The highest BCUT2D eigenvalue weighted by Gasteiger charge is 2.20. The average Bonchev–Trinajstić information content (AvgIpc) is 2.83. The Morgan fingerprint density at radius 2 is 1.60 bits per heavy atom. The smallest absolute Gasteiger partial charge is 0.204 e. The van der Waals surface area contributed by atoms with Crippen molar-refractivity contribution in [1.29, 1.82) is 0 Å². The summed E-state index contributed by atoms with van der Waals surface area (Å²) in [7, 11) is -1.17. The fourth-order valence-electron chi connectivity index (χ4n) is 1.99. The molecule has 0 radical (unpaired) electrons. The van der Waals surface area contributed by atoms with E-state index in [1.54, 1.807) is 5.41 Å². The van der Waals surface area contributed by atoms with Crippen LogP contribution in [0.2, 0.25) is 0 Å². The number of aliphatic imine (C=N–C) groups is 1. The highest BCUT2D eigenvalue weighted by atomic mass is 32.2. The van der Waals surface area contributed by atoms with E-state index in [1.807, 2.05) is 59.6 Å². The second kappa shape index (κ2) is 5.84. The molecule has 1 aliphatic heterocycles. The molecule has 1 atom stereocenters. The molecular weight excluding hydrogens is 268 g/mol. The van der Waals surface area contributed by atoms with Crippen LogP contribution < -0.4 is 0 Å². The minimum absolute atomic E-state index is 0.583. The molecule has 3 nitrogen and oxygen atoms in total. The second-order valence-corrected chi connectivity index (χ2v) is 5.66. The summed E-state index contributed by atoms with van der Waals surface area (Å²) in [5.74, 6) is 0. The standard InChI is InChI=1S/C16H14N2OS/c19-20-12-11-18(13-14-7-3-1-4-8-14)16(20)17-15-9-5-2-6-10-15/h1-12H,13H2. The number of hydrogen-bond acceptors (Lipinski definition) is 2. The molecule has 1 aliphatic rings. The van der Waals surface area contributed by atoms with E-state index < -0.39 is 10.8 Å². The third-order valence-electron chi connectivity index (χ3n) is 2.97. The minimum Gasteiger partial charge on any atom is -0.320 e.